The third kappa shape index (κ3) is 3.53. The molecule has 0 radical (unpaired) electrons. The molecule has 0 saturated carbocycles. The van der Waals surface area contributed by atoms with Crippen LogP contribution < -0.4 is 14.2 Å². The number of likely N-dealkylation sites (N-methyl/N-ethyl adjacent to an activating group) is 1. The van der Waals surface area contributed by atoms with Crippen LogP contribution in [0.3, 0.4) is 0 Å². The van der Waals surface area contributed by atoms with Crippen molar-refractivity contribution in [1.82, 2.24) is 4.90 Å². The van der Waals surface area contributed by atoms with Gasteiger partial charge in [-0.3, -0.25) is 0 Å². The highest BCUT2D eigenvalue weighted by molar-refractivity contribution is 5.62. The lowest BCUT2D eigenvalue weighted by Crippen LogP contribution is -2.65. The van der Waals surface area contributed by atoms with Crippen molar-refractivity contribution in [2.45, 2.75) is 36.5 Å². The Hall–Kier alpha value is -3.28. The molecule has 3 aromatic rings. The highest BCUT2D eigenvalue weighted by atomic mass is 16.5. The van der Waals surface area contributed by atoms with E-state index in [1.807, 2.05) is 72.8 Å². The Kier molecular flexibility index (Phi) is 5.54. The van der Waals surface area contributed by atoms with Crippen LogP contribution in [0, 0.1) is 5.92 Å². The van der Waals surface area contributed by atoms with Crippen LogP contribution >= 0.6 is 0 Å². The molecule has 0 aromatic heterocycles. The van der Waals surface area contributed by atoms with Crippen molar-refractivity contribution in [3.8, 4) is 23.0 Å². The summed E-state index contributed by atoms with van der Waals surface area (Å²) in [6.07, 6.45) is 5.65. The molecule has 1 saturated heterocycles. The van der Waals surface area contributed by atoms with Gasteiger partial charge in [0.1, 0.15) is 17.6 Å². The molecular weight excluding hydrogens is 438 g/mol. The fraction of sp³-hybridized carbons (Fsp3) is 0.333. The van der Waals surface area contributed by atoms with Crippen LogP contribution in [0.25, 0.3) is 0 Å². The van der Waals surface area contributed by atoms with Crippen molar-refractivity contribution < 1.29 is 19.3 Å². The van der Waals surface area contributed by atoms with E-state index in [0.717, 1.165) is 42.4 Å². The van der Waals surface area contributed by atoms with Gasteiger partial charge in [0.15, 0.2) is 11.5 Å². The number of hydrogen-bond acceptors (Lipinski definition) is 5. The Morgan fingerprint density at radius 2 is 1.63 bits per heavy atom. The van der Waals surface area contributed by atoms with Crippen LogP contribution in [0.15, 0.2) is 84.9 Å². The maximum Gasteiger partial charge on any atom is 0.166 e. The van der Waals surface area contributed by atoms with Crippen LogP contribution in [0.1, 0.15) is 17.5 Å². The molecule has 2 heterocycles. The van der Waals surface area contributed by atoms with Gasteiger partial charge in [0.05, 0.1) is 13.2 Å². The third-order valence-corrected chi connectivity index (χ3v) is 8.10. The molecule has 1 N–H and O–H groups in total. The monoisotopic (exact) mass is 469 g/mol. The Morgan fingerprint density at radius 3 is 2.29 bits per heavy atom. The zero-order valence-corrected chi connectivity index (χ0v) is 20.1. The molecule has 0 unspecified atom stereocenters. The molecule has 3 aromatic carbocycles. The predicted octanol–water partition coefficient (Wildman–Crippen LogP) is 4.98. The van der Waals surface area contributed by atoms with Crippen LogP contribution in [0.4, 0.5) is 0 Å². The van der Waals surface area contributed by atoms with Gasteiger partial charge in [0.25, 0.3) is 0 Å². The number of benzene rings is 3. The lowest BCUT2D eigenvalue weighted by atomic mass is 9.52. The molecule has 2 aliphatic heterocycles. The molecule has 2 bridgehead atoms. The van der Waals surface area contributed by atoms with Crippen molar-refractivity contribution in [3.63, 3.8) is 0 Å². The molecule has 5 heteroatoms. The Morgan fingerprint density at radius 1 is 0.943 bits per heavy atom. The molecule has 35 heavy (non-hydrogen) atoms. The van der Waals surface area contributed by atoms with E-state index in [2.05, 4.69) is 24.1 Å². The number of aliphatic hydroxyl groups excluding tert-OH is 1. The van der Waals surface area contributed by atoms with Crippen LogP contribution in [-0.2, 0) is 11.8 Å². The second-order valence-corrected chi connectivity index (χ2v) is 9.84. The van der Waals surface area contributed by atoms with Crippen LogP contribution in [-0.4, -0.2) is 49.0 Å². The Balaban J connectivity index is 0.000000151. The summed E-state index contributed by atoms with van der Waals surface area (Å²) in [6.45, 7) is 1.05. The zero-order valence-electron chi connectivity index (χ0n) is 20.1. The lowest BCUT2D eigenvalue weighted by Gasteiger charge is -2.57. The predicted molar refractivity (Wildman–Crippen MR) is 135 cm³/mol. The van der Waals surface area contributed by atoms with Gasteiger partial charge < -0.3 is 24.2 Å². The number of nitrogens with zero attached hydrogens (tertiary/aromatic N) is 1. The molecule has 4 aliphatic rings. The average molecular weight is 470 g/mol. The quantitative estimate of drug-likeness (QED) is 0.549. The summed E-state index contributed by atoms with van der Waals surface area (Å²) >= 11 is 0. The first-order chi connectivity index (χ1) is 17.1. The van der Waals surface area contributed by atoms with Gasteiger partial charge >= 0.3 is 0 Å². The summed E-state index contributed by atoms with van der Waals surface area (Å²) in [4.78, 5) is 2.42. The van der Waals surface area contributed by atoms with Crippen molar-refractivity contribution >= 4 is 0 Å². The van der Waals surface area contributed by atoms with E-state index in [1.165, 1.54) is 11.1 Å². The van der Waals surface area contributed by atoms with E-state index < -0.39 is 6.10 Å². The van der Waals surface area contributed by atoms with Crippen molar-refractivity contribution in [2.75, 3.05) is 20.7 Å². The first-order valence-electron chi connectivity index (χ1n) is 12.3. The minimum Gasteiger partial charge on any atom is -0.493 e. The largest absolute Gasteiger partial charge is 0.493 e. The van der Waals surface area contributed by atoms with Crippen LogP contribution in [0.2, 0.25) is 0 Å². The first kappa shape index (κ1) is 22.2. The molecule has 5 nitrogen and oxygen atoms in total. The number of ether oxygens (including phenoxy) is 3. The SMILES string of the molecule is COc1ccc2c3c1O[C@H]1C=C[C@H](O)[C@H]4[C@@H](C2)N(C)CC[C@@]341.c1ccc(Oc2ccccc2)cc1. The number of rotatable bonds is 3. The molecule has 5 atom stereocenters. The second kappa shape index (κ2) is 8.74. The molecule has 2 aliphatic carbocycles. The Labute approximate surface area is 206 Å². The first-order valence-corrected chi connectivity index (χ1v) is 12.3. The third-order valence-electron chi connectivity index (χ3n) is 8.10. The number of methoxy groups -OCH3 is 1. The van der Waals surface area contributed by atoms with Gasteiger partial charge in [-0.05, 0) is 68.4 Å². The minimum absolute atomic E-state index is 0.0300. The summed E-state index contributed by atoms with van der Waals surface area (Å²) in [7, 11) is 3.88. The zero-order chi connectivity index (χ0) is 24.0. The fourth-order valence-electron chi connectivity index (χ4n) is 6.57. The van der Waals surface area contributed by atoms with E-state index in [9.17, 15) is 5.11 Å². The number of hydrogen-bond donors (Lipinski definition) is 1. The highest BCUT2D eigenvalue weighted by Crippen LogP contribution is 2.62. The van der Waals surface area contributed by atoms with Crippen molar-refractivity contribution in [2.24, 2.45) is 5.92 Å². The van der Waals surface area contributed by atoms with Crippen molar-refractivity contribution in [3.05, 3.63) is 96.1 Å². The van der Waals surface area contributed by atoms with E-state index in [4.69, 9.17) is 14.2 Å². The summed E-state index contributed by atoms with van der Waals surface area (Å²) in [5.74, 6) is 3.68. The van der Waals surface area contributed by atoms with Gasteiger partial charge in [-0.2, -0.15) is 0 Å². The van der Waals surface area contributed by atoms with E-state index in [0.29, 0.717) is 6.04 Å². The number of aliphatic hydroxyl groups is 1. The van der Waals surface area contributed by atoms with Gasteiger partial charge in [-0.1, -0.05) is 48.5 Å². The maximum absolute atomic E-state index is 10.7. The molecular formula is C30H31NO4. The molecule has 0 amide bonds. The fourth-order valence-corrected chi connectivity index (χ4v) is 6.57. The molecule has 7 rings (SSSR count). The average Bonchev–Trinajstić information content (AvgIpc) is 3.23. The lowest BCUT2D eigenvalue weighted by molar-refractivity contribution is -0.0575. The maximum atomic E-state index is 10.7. The van der Waals surface area contributed by atoms with Crippen molar-refractivity contribution in [1.29, 1.82) is 0 Å². The van der Waals surface area contributed by atoms with E-state index in [-0.39, 0.29) is 17.4 Å². The van der Waals surface area contributed by atoms with Gasteiger partial charge in [-0.15, -0.1) is 0 Å². The van der Waals surface area contributed by atoms with Gasteiger partial charge in [-0.25, -0.2) is 0 Å². The standard InChI is InChI=1S/C18H21NO3.C12H10O/c1-19-8-7-18-14-6-4-12(20)16(18)11(19)9-10-3-5-13(21-2)17(22-14)15(10)18;1-3-7-11(8-4-1)13-12-9-5-2-6-10-12/h3-6,11-12,14,16,20H,7-9H2,1-2H3;1-10H/t11-,12+,14+,16-,18-;/m1./s1. The number of likely N-dealkylation sites (tertiary alicyclic amines) is 1. The summed E-state index contributed by atoms with van der Waals surface area (Å²) < 4.78 is 17.5. The smallest absolute Gasteiger partial charge is 0.166 e. The summed E-state index contributed by atoms with van der Waals surface area (Å²) in [5.41, 5.74) is 2.60. The van der Waals surface area contributed by atoms with Gasteiger partial charge in [0, 0.05) is 22.9 Å². The minimum atomic E-state index is -0.391. The van der Waals surface area contributed by atoms with Crippen LogP contribution in [0.5, 0.6) is 23.0 Å². The topological polar surface area (TPSA) is 51.2 Å². The molecule has 180 valence electrons. The number of para-hydroxylation sites is 2. The highest BCUT2D eigenvalue weighted by Gasteiger charge is 2.64. The summed E-state index contributed by atoms with van der Waals surface area (Å²) in [5, 5.41) is 10.7. The molecule has 1 spiro atoms. The molecule has 1 fully saturated rings. The van der Waals surface area contributed by atoms with E-state index in [1.54, 1.807) is 7.11 Å². The number of piperidine rings is 1. The summed E-state index contributed by atoms with van der Waals surface area (Å²) in [6, 6.07) is 24.1. The Bertz CT molecular complexity index is 1190. The second-order valence-electron chi connectivity index (χ2n) is 9.84. The normalized spacial score (nSPS) is 29.3. The van der Waals surface area contributed by atoms with E-state index >= 15 is 0 Å². The van der Waals surface area contributed by atoms with Gasteiger partial charge in [0.2, 0.25) is 0 Å².